The largest absolute Gasteiger partial charge is 0.465 e. The lowest BCUT2D eigenvalue weighted by atomic mass is 10.3. The number of esters is 1. The Bertz CT molecular complexity index is 423. The van der Waals surface area contributed by atoms with E-state index in [9.17, 15) is 9.59 Å². The Kier molecular flexibility index (Phi) is 7.64. The molecule has 0 radical (unpaired) electrons. The van der Waals surface area contributed by atoms with Crippen LogP contribution in [0.4, 0.5) is 0 Å². The molecule has 112 valence electrons. The lowest BCUT2D eigenvalue weighted by Crippen LogP contribution is -2.35. The molecule has 0 aromatic carbocycles. The quantitative estimate of drug-likeness (QED) is 0.711. The molecule has 20 heavy (non-hydrogen) atoms. The average Bonchev–Trinajstić information content (AvgIpc) is 2.92. The number of ether oxygens (including phenoxy) is 1. The smallest absolute Gasteiger partial charge is 0.323 e. The minimum Gasteiger partial charge on any atom is -0.465 e. The molecule has 1 aromatic rings. The van der Waals surface area contributed by atoms with Crippen LogP contribution < -0.4 is 11.1 Å². The van der Waals surface area contributed by atoms with Crippen LogP contribution in [0.25, 0.3) is 0 Å². The van der Waals surface area contributed by atoms with Crippen molar-refractivity contribution in [3.63, 3.8) is 0 Å². The highest BCUT2D eigenvalue weighted by molar-refractivity contribution is 8.00. The van der Waals surface area contributed by atoms with E-state index in [0.717, 1.165) is 4.88 Å². The number of amides is 1. The van der Waals surface area contributed by atoms with Gasteiger partial charge in [-0.2, -0.15) is 0 Å². The molecule has 0 aliphatic heterocycles. The van der Waals surface area contributed by atoms with Crippen LogP contribution in [-0.2, 0) is 14.3 Å². The van der Waals surface area contributed by atoms with Crippen molar-refractivity contribution in [2.45, 2.75) is 25.9 Å². The molecule has 5 nitrogen and oxygen atoms in total. The predicted molar refractivity (Wildman–Crippen MR) is 82.8 cm³/mol. The molecule has 2 unspecified atom stereocenters. The standard InChI is InChI=1S/C13H20N2O3S2/c1-3-18-13(17)10(14)7-19-8-12(16)15-9(2)11-5-4-6-20-11/h4-6,9-10H,3,7-8,14H2,1-2H3,(H,15,16). The molecule has 0 saturated heterocycles. The summed E-state index contributed by atoms with van der Waals surface area (Å²) in [6.45, 7) is 3.99. The lowest BCUT2D eigenvalue weighted by molar-refractivity contribution is -0.144. The second-order valence-electron chi connectivity index (χ2n) is 4.18. The van der Waals surface area contributed by atoms with Crippen LogP contribution >= 0.6 is 23.1 Å². The van der Waals surface area contributed by atoms with Crippen molar-refractivity contribution in [2.75, 3.05) is 18.1 Å². The molecule has 0 spiro atoms. The van der Waals surface area contributed by atoms with Crippen molar-refractivity contribution >= 4 is 35.0 Å². The Labute approximate surface area is 127 Å². The van der Waals surface area contributed by atoms with Gasteiger partial charge in [0, 0.05) is 10.6 Å². The number of thioether (sulfide) groups is 1. The first-order valence-electron chi connectivity index (χ1n) is 6.37. The third-order valence-corrected chi connectivity index (χ3v) is 4.58. The SMILES string of the molecule is CCOC(=O)C(N)CSCC(=O)NC(C)c1cccs1. The van der Waals surface area contributed by atoms with Crippen LogP contribution in [0, 0.1) is 0 Å². The van der Waals surface area contributed by atoms with E-state index in [1.807, 2.05) is 24.4 Å². The van der Waals surface area contributed by atoms with E-state index in [0.29, 0.717) is 12.4 Å². The Hall–Kier alpha value is -1.05. The van der Waals surface area contributed by atoms with E-state index in [1.54, 1.807) is 18.3 Å². The van der Waals surface area contributed by atoms with E-state index in [-0.39, 0.29) is 17.7 Å². The molecule has 0 aliphatic rings. The van der Waals surface area contributed by atoms with Crippen LogP contribution in [0.3, 0.4) is 0 Å². The van der Waals surface area contributed by atoms with Crippen molar-refractivity contribution in [2.24, 2.45) is 5.73 Å². The first kappa shape index (κ1) is 17.0. The van der Waals surface area contributed by atoms with Gasteiger partial charge in [0.05, 0.1) is 18.4 Å². The monoisotopic (exact) mass is 316 g/mol. The molecule has 0 aliphatic carbocycles. The Morgan fingerprint density at radius 1 is 1.55 bits per heavy atom. The van der Waals surface area contributed by atoms with Crippen LogP contribution in [0.15, 0.2) is 17.5 Å². The maximum Gasteiger partial charge on any atom is 0.323 e. The van der Waals surface area contributed by atoms with Gasteiger partial charge in [-0.25, -0.2) is 0 Å². The molecule has 0 saturated carbocycles. The van der Waals surface area contributed by atoms with Gasteiger partial charge in [0.2, 0.25) is 5.91 Å². The third-order valence-electron chi connectivity index (χ3n) is 2.47. The van der Waals surface area contributed by atoms with Crippen LogP contribution in [0.5, 0.6) is 0 Å². The lowest BCUT2D eigenvalue weighted by Gasteiger charge is -2.13. The van der Waals surface area contributed by atoms with Gasteiger partial charge < -0.3 is 15.8 Å². The zero-order valence-corrected chi connectivity index (χ0v) is 13.3. The maximum absolute atomic E-state index is 11.7. The van der Waals surface area contributed by atoms with Gasteiger partial charge in [-0.15, -0.1) is 23.1 Å². The Morgan fingerprint density at radius 3 is 2.90 bits per heavy atom. The fraction of sp³-hybridized carbons (Fsp3) is 0.538. The van der Waals surface area contributed by atoms with Crippen molar-refractivity contribution in [3.05, 3.63) is 22.4 Å². The molecule has 3 N–H and O–H groups in total. The van der Waals surface area contributed by atoms with Gasteiger partial charge in [0.1, 0.15) is 6.04 Å². The summed E-state index contributed by atoms with van der Waals surface area (Å²) in [6.07, 6.45) is 0. The summed E-state index contributed by atoms with van der Waals surface area (Å²) in [6, 6.07) is 3.26. The maximum atomic E-state index is 11.7. The van der Waals surface area contributed by atoms with Crippen LogP contribution in [0.1, 0.15) is 24.8 Å². The summed E-state index contributed by atoms with van der Waals surface area (Å²) in [5.74, 6) is 0.168. The zero-order chi connectivity index (χ0) is 15.0. The molecule has 1 rings (SSSR count). The summed E-state index contributed by atoms with van der Waals surface area (Å²) < 4.78 is 4.80. The molecule has 0 fully saturated rings. The highest BCUT2D eigenvalue weighted by Gasteiger charge is 2.16. The highest BCUT2D eigenvalue weighted by atomic mass is 32.2. The first-order valence-corrected chi connectivity index (χ1v) is 8.40. The highest BCUT2D eigenvalue weighted by Crippen LogP contribution is 2.18. The van der Waals surface area contributed by atoms with Gasteiger partial charge in [0.25, 0.3) is 0 Å². The second-order valence-corrected chi connectivity index (χ2v) is 6.19. The van der Waals surface area contributed by atoms with Crippen molar-refractivity contribution in [3.8, 4) is 0 Å². The van der Waals surface area contributed by atoms with Gasteiger partial charge >= 0.3 is 5.97 Å². The Morgan fingerprint density at radius 2 is 2.30 bits per heavy atom. The molecular formula is C13H20N2O3S2. The summed E-state index contributed by atoms with van der Waals surface area (Å²) in [7, 11) is 0. The summed E-state index contributed by atoms with van der Waals surface area (Å²) in [5.41, 5.74) is 5.64. The van der Waals surface area contributed by atoms with E-state index in [1.165, 1.54) is 11.8 Å². The number of carbonyl (C=O) groups is 2. The topological polar surface area (TPSA) is 81.4 Å². The number of thiophene rings is 1. The average molecular weight is 316 g/mol. The molecule has 0 bridgehead atoms. The minimum atomic E-state index is -0.678. The third kappa shape index (κ3) is 5.94. The fourth-order valence-electron chi connectivity index (χ4n) is 1.49. The second kappa shape index (κ2) is 8.99. The van der Waals surface area contributed by atoms with Crippen molar-refractivity contribution in [1.82, 2.24) is 5.32 Å². The van der Waals surface area contributed by atoms with Crippen LogP contribution in [0.2, 0.25) is 0 Å². The molecule has 7 heteroatoms. The number of hydrogen-bond acceptors (Lipinski definition) is 6. The molecule has 1 aromatic heterocycles. The molecule has 2 atom stereocenters. The summed E-state index contributed by atoms with van der Waals surface area (Å²) >= 11 is 2.94. The summed E-state index contributed by atoms with van der Waals surface area (Å²) in [4.78, 5) is 24.2. The Balaban J connectivity index is 2.22. The number of rotatable bonds is 8. The number of nitrogens with two attached hydrogens (primary N) is 1. The first-order chi connectivity index (χ1) is 9.54. The number of nitrogens with one attached hydrogen (secondary N) is 1. The minimum absolute atomic E-state index is 0.00169. The number of carbonyl (C=O) groups excluding carboxylic acids is 2. The van der Waals surface area contributed by atoms with Gasteiger partial charge in [-0.05, 0) is 25.3 Å². The molecule has 1 heterocycles. The molecule has 1 amide bonds. The van der Waals surface area contributed by atoms with E-state index < -0.39 is 12.0 Å². The van der Waals surface area contributed by atoms with E-state index in [2.05, 4.69) is 5.32 Å². The zero-order valence-electron chi connectivity index (χ0n) is 11.6. The van der Waals surface area contributed by atoms with E-state index in [4.69, 9.17) is 10.5 Å². The predicted octanol–water partition coefficient (Wildman–Crippen LogP) is 1.55. The fourth-order valence-corrected chi connectivity index (χ4v) is 3.00. The normalized spacial score (nSPS) is 13.6. The molecular weight excluding hydrogens is 296 g/mol. The van der Waals surface area contributed by atoms with Gasteiger partial charge in [0.15, 0.2) is 0 Å². The summed E-state index contributed by atoms with van der Waals surface area (Å²) in [5, 5.41) is 4.88. The van der Waals surface area contributed by atoms with E-state index >= 15 is 0 Å². The number of hydrogen-bond donors (Lipinski definition) is 2. The van der Waals surface area contributed by atoms with Crippen LogP contribution in [-0.4, -0.2) is 36.0 Å². The van der Waals surface area contributed by atoms with Crippen molar-refractivity contribution < 1.29 is 14.3 Å². The van der Waals surface area contributed by atoms with Gasteiger partial charge in [-0.1, -0.05) is 6.07 Å². The van der Waals surface area contributed by atoms with Gasteiger partial charge in [-0.3, -0.25) is 9.59 Å². The van der Waals surface area contributed by atoms with Crippen molar-refractivity contribution in [1.29, 1.82) is 0 Å².